The number of carbonyl (C=O) groups is 1. The molecule has 1 amide bonds. The summed E-state index contributed by atoms with van der Waals surface area (Å²) in [5.41, 5.74) is 3.40. The summed E-state index contributed by atoms with van der Waals surface area (Å²) in [7, 11) is 0. The molecular weight excluding hydrogens is 401 g/mol. The Morgan fingerprint density at radius 1 is 0.967 bits per heavy atom. The first-order valence-electron chi connectivity index (χ1n) is 8.18. The lowest BCUT2D eigenvalue weighted by atomic mass is 10.2. The molecule has 3 aromatic rings. The molecule has 0 aliphatic heterocycles. The van der Waals surface area contributed by atoms with Crippen molar-refractivity contribution in [2.75, 3.05) is 10.7 Å². The topological polar surface area (TPSA) is 165 Å². The van der Waals surface area contributed by atoms with Gasteiger partial charge >= 0.3 is 5.69 Å². The second kappa shape index (κ2) is 8.55. The van der Waals surface area contributed by atoms with Crippen LogP contribution in [0.4, 0.5) is 33.1 Å². The van der Waals surface area contributed by atoms with Gasteiger partial charge in [-0.05, 0) is 18.2 Å². The highest BCUT2D eigenvalue weighted by Gasteiger charge is 2.24. The van der Waals surface area contributed by atoms with Crippen LogP contribution in [0.2, 0.25) is 0 Å². The number of hydrogen-bond donors (Lipinski definition) is 3. The summed E-state index contributed by atoms with van der Waals surface area (Å²) in [5.74, 6) is -2.14. The third-order valence-electron chi connectivity index (χ3n) is 3.75. The minimum Gasteiger partial charge on any atom is -0.332 e. The average Bonchev–Trinajstić information content (AvgIpc) is 2.73. The molecule has 0 aliphatic carbocycles. The van der Waals surface area contributed by atoms with Gasteiger partial charge in [0.05, 0.1) is 15.5 Å². The third-order valence-corrected chi connectivity index (χ3v) is 3.75. The van der Waals surface area contributed by atoms with Crippen molar-refractivity contribution in [3.63, 3.8) is 0 Å². The van der Waals surface area contributed by atoms with Crippen molar-refractivity contribution >= 4 is 34.6 Å². The van der Waals surface area contributed by atoms with E-state index in [-0.39, 0.29) is 28.6 Å². The molecule has 0 atom stereocenters. The Morgan fingerprint density at radius 3 is 2.40 bits per heavy atom. The lowest BCUT2D eigenvalue weighted by Gasteiger charge is -2.11. The van der Waals surface area contributed by atoms with Crippen molar-refractivity contribution in [3.8, 4) is 0 Å². The molecule has 30 heavy (non-hydrogen) atoms. The molecule has 3 rings (SSSR count). The fraction of sp³-hybridized carbons (Fsp3) is 0. The van der Waals surface area contributed by atoms with Gasteiger partial charge in [0.25, 0.3) is 11.6 Å². The molecule has 0 aliphatic rings. The number of halogens is 1. The summed E-state index contributed by atoms with van der Waals surface area (Å²) in [6.07, 6.45) is 0.970. The molecule has 0 saturated carbocycles. The second-order valence-corrected chi connectivity index (χ2v) is 5.67. The first-order chi connectivity index (χ1) is 14.4. The van der Waals surface area contributed by atoms with E-state index in [1.807, 2.05) is 0 Å². The monoisotopic (exact) mass is 413 g/mol. The minimum absolute atomic E-state index is 0.0501. The molecule has 12 nitrogen and oxygen atoms in total. The van der Waals surface area contributed by atoms with Crippen LogP contribution in [-0.2, 0) is 0 Å². The number of hydrogen-bond acceptors (Lipinski definition) is 9. The van der Waals surface area contributed by atoms with Crippen molar-refractivity contribution in [2.45, 2.75) is 0 Å². The minimum atomic E-state index is -0.814. The zero-order chi connectivity index (χ0) is 21.7. The number of aromatic nitrogens is 2. The standard InChI is InChI=1S/C17H12FN7O5/c18-12-6-1-2-7-13(12)21-15-14(25(29)30)16(20-9-19-15)22-23-17(26)10-4-3-5-11(8-10)24(27)28/h1-9H,(H,23,26)(H2,19,20,21,22). The fourth-order valence-corrected chi connectivity index (χ4v) is 2.37. The Kier molecular flexibility index (Phi) is 5.72. The molecule has 0 unspecified atom stereocenters. The van der Waals surface area contributed by atoms with E-state index in [4.69, 9.17) is 0 Å². The van der Waals surface area contributed by atoms with Crippen LogP contribution in [-0.4, -0.2) is 25.7 Å². The van der Waals surface area contributed by atoms with Crippen LogP contribution in [0.15, 0.2) is 54.9 Å². The van der Waals surface area contributed by atoms with E-state index in [1.165, 1.54) is 36.4 Å². The Hall–Kier alpha value is -4.68. The highest BCUT2D eigenvalue weighted by Crippen LogP contribution is 2.31. The molecule has 0 spiro atoms. The molecule has 0 fully saturated rings. The highest BCUT2D eigenvalue weighted by molar-refractivity contribution is 5.95. The van der Waals surface area contributed by atoms with E-state index in [1.54, 1.807) is 0 Å². The summed E-state index contributed by atoms with van der Waals surface area (Å²) < 4.78 is 13.8. The maximum absolute atomic E-state index is 13.8. The summed E-state index contributed by atoms with van der Waals surface area (Å²) in [6, 6.07) is 10.4. The van der Waals surface area contributed by atoms with Gasteiger partial charge in [0.1, 0.15) is 12.1 Å². The number of nitro benzene ring substituents is 1. The number of non-ortho nitro benzene ring substituents is 1. The van der Waals surface area contributed by atoms with Crippen LogP contribution in [0.5, 0.6) is 0 Å². The Morgan fingerprint density at radius 2 is 1.70 bits per heavy atom. The van der Waals surface area contributed by atoms with Gasteiger partial charge in [-0.3, -0.25) is 35.9 Å². The quantitative estimate of drug-likeness (QED) is 0.390. The van der Waals surface area contributed by atoms with E-state index < -0.39 is 27.3 Å². The largest absolute Gasteiger partial charge is 0.355 e. The zero-order valence-electron chi connectivity index (χ0n) is 14.9. The molecule has 0 saturated heterocycles. The van der Waals surface area contributed by atoms with Crippen LogP contribution < -0.4 is 16.2 Å². The lowest BCUT2D eigenvalue weighted by Crippen LogP contribution is -2.30. The number of nitro groups is 2. The van der Waals surface area contributed by atoms with Gasteiger partial charge in [-0.2, -0.15) is 0 Å². The van der Waals surface area contributed by atoms with Crippen molar-refractivity contribution in [1.82, 2.24) is 15.4 Å². The number of carbonyl (C=O) groups excluding carboxylic acids is 1. The van der Waals surface area contributed by atoms with Crippen molar-refractivity contribution < 1.29 is 19.0 Å². The SMILES string of the molecule is O=C(NNc1ncnc(Nc2ccccc2F)c1[N+](=O)[O-])c1cccc([N+](=O)[O-])c1. The molecule has 1 aromatic heterocycles. The van der Waals surface area contributed by atoms with E-state index in [0.29, 0.717) is 0 Å². The van der Waals surface area contributed by atoms with Crippen LogP contribution in [0.25, 0.3) is 0 Å². The predicted octanol–water partition coefficient (Wildman–Crippen LogP) is 2.93. The summed E-state index contributed by atoms with van der Waals surface area (Å²) in [6.45, 7) is 0. The Bertz CT molecular complexity index is 1140. The number of nitrogens with zero attached hydrogens (tertiary/aromatic N) is 4. The predicted molar refractivity (Wildman–Crippen MR) is 103 cm³/mol. The smallest absolute Gasteiger partial charge is 0.332 e. The van der Waals surface area contributed by atoms with E-state index in [9.17, 15) is 29.4 Å². The van der Waals surface area contributed by atoms with E-state index in [0.717, 1.165) is 18.5 Å². The van der Waals surface area contributed by atoms with Crippen LogP contribution in [0.3, 0.4) is 0 Å². The average molecular weight is 413 g/mol. The van der Waals surface area contributed by atoms with Gasteiger partial charge in [0.2, 0.25) is 11.6 Å². The molecule has 3 N–H and O–H groups in total. The van der Waals surface area contributed by atoms with E-state index in [2.05, 4.69) is 26.1 Å². The van der Waals surface area contributed by atoms with Crippen molar-refractivity contribution in [1.29, 1.82) is 0 Å². The van der Waals surface area contributed by atoms with Gasteiger partial charge in [-0.25, -0.2) is 14.4 Å². The molecule has 13 heteroatoms. The first-order valence-corrected chi connectivity index (χ1v) is 8.18. The fourth-order valence-electron chi connectivity index (χ4n) is 2.37. The summed E-state index contributed by atoms with van der Waals surface area (Å²) >= 11 is 0. The maximum Gasteiger partial charge on any atom is 0.355 e. The molecule has 0 radical (unpaired) electrons. The van der Waals surface area contributed by atoms with Crippen LogP contribution >= 0.6 is 0 Å². The highest BCUT2D eigenvalue weighted by atomic mass is 19.1. The number of rotatable bonds is 7. The molecule has 0 bridgehead atoms. The Balaban J connectivity index is 1.83. The maximum atomic E-state index is 13.8. The lowest BCUT2D eigenvalue weighted by molar-refractivity contribution is -0.384. The molecule has 152 valence electrons. The van der Waals surface area contributed by atoms with Crippen molar-refractivity contribution in [3.05, 3.63) is 86.5 Å². The van der Waals surface area contributed by atoms with Crippen LogP contribution in [0.1, 0.15) is 10.4 Å². The number of para-hydroxylation sites is 1. The number of hydrazine groups is 1. The van der Waals surface area contributed by atoms with Gasteiger partial charge in [-0.1, -0.05) is 18.2 Å². The molecule has 2 aromatic carbocycles. The number of amides is 1. The number of nitrogens with one attached hydrogen (secondary N) is 3. The zero-order valence-corrected chi connectivity index (χ0v) is 14.9. The van der Waals surface area contributed by atoms with Crippen LogP contribution in [0, 0.1) is 26.0 Å². The molecule has 1 heterocycles. The van der Waals surface area contributed by atoms with Gasteiger partial charge in [0, 0.05) is 17.7 Å². The normalized spacial score (nSPS) is 10.2. The number of anilines is 3. The number of benzene rings is 2. The first kappa shape index (κ1) is 20.1. The van der Waals surface area contributed by atoms with Gasteiger partial charge in [0.15, 0.2) is 0 Å². The summed E-state index contributed by atoms with van der Waals surface area (Å²) in [4.78, 5) is 40.5. The van der Waals surface area contributed by atoms with Gasteiger partial charge in [-0.15, -0.1) is 0 Å². The van der Waals surface area contributed by atoms with Gasteiger partial charge < -0.3 is 5.32 Å². The Labute approximate surface area is 167 Å². The van der Waals surface area contributed by atoms with E-state index >= 15 is 0 Å². The summed E-state index contributed by atoms with van der Waals surface area (Å²) in [5, 5.41) is 24.8. The van der Waals surface area contributed by atoms with Crippen molar-refractivity contribution in [2.24, 2.45) is 0 Å². The third kappa shape index (κ3) is 4.41. The molecular formula is C17H12FN7O5. The second-order valence-electron chi connectivity index (χ2n) is 5.67.